The van der Waals surface area contributed by atoms with Crippen molar-refractivity contribution in [3.05, 3.63) is 94.1 Å². The molecule has 162 valence electrons. The van der Waals surface area contributed by atoms with E-state index in [4.69, 9.17) is 0 Å². The standard InChI is InChI=1S/C29H35NO/c1-7-22-10-12-23(13-11-22)29(24-14-16-25(17-15-24)30(8-2)9-3)27-19-26(20(4)5)28(31)18-21(27)6/h10-20H,7-9H2,1-6H3/p+1. The van der Waals surface area contributed by atoms with Crippen molar-refractivity contribution in [3.63, 3.8) is 0 Å². The Labute approximate surface area is 188 Å². The lowest BCUT2D eigenvalue weighted by Crippen LogP contribution is -2.19. The second-order valence-corrected chi connectivity index (χ2v) is 8.53. The van der Waals surface area contributed by atoms with Crippen molar-refractivity contribution >= 4 is 11.3 Å². The molecule has 0 radical (unpaired) electrons. The Morgan fingerprint density at radius 1 is 0.903 bits per heavy atom. The van der Waals surface area contributed by atoms with Gasteiger partial charge in [0.1, 0.15) is 18.8 Å². The van der Waals surface area contributed by atoms with Crippen LogP contribution in [0, 0.1) is 6.92 Å². The summed E-state index contributed by atoms with van der Waals surface area (Å²) in [6.07, 6.45) is 9.95. The van der Waals surface area contributed by atoms with Crippen LogP contribution in [0.1, 0.15) is 68.4 Å². The van der Waals surface area contributed by atoms with Crippen molar-refractivity contribution in [2.75, 3.05) is 13.1 Å². The molecular formula is C29H36NO+. The average molecular weight is 415 g/mol. The zero-order valence-electron chi connectivity index (χ0n) is 19.9. The van der Waals surface area contributed by atoms with Crippen molar-refractivity contribution in [1.29, 1.82) is 0 Å². The van der Waals surface area contributed by atoms with Crippen LogP contribution in [0.4, 0.5) is 0 Å². The zero-order valence-corrected chi connectivity index (χ0v) is 19.9. The van der Waals surface area contributed by atoms with Gasteiger partial charge in [0, 0.05) is 12.2 Å². The molecule has 0 saturated carbocycles. The number of phenolic OH excluding ortho intramolecular Hbond substituents is 1. The number of hydrogen-bond acceptors (Lipinski definition) is 1. The van der Waals surface area contributed by atoms with Gasteiger partial charge in [-0.1, -0.05) is 45.0 Å². The highest BCUT2D eigenvalue weighted by atomic mass is 16.3. The van der Waals surface area contributed by atoms with E-state index in [1.807, 2.05) is 6.07 Å². The minimum absolute atomic E-state index is 0.258. The van der Waals surface area contributed by atoms with Crippen LogP contribution in [0.25, 0.3) is 5.57 Å². The molecule has 1 aliphatic carbocycles. The lowest BCUT2D eigenvalue weighted by Gasteiger charge is -2.19. The molecule has 0 saturated heterocycles. The van der Waals surface area contributed by atoms with E-state index in [0.29, 0.717) is 5.75 Å². The van der Waals surface area contributed by atoms with Gasteiger partial charge in [-0.25, -0.2) is 4.58 Å². The van der Waals surface area contributed by atoms with E-state index in [-0.39, 0.29) is 5.92 Å². The molecule has 31 heavy (non-hydrogen) atoms. The quantitative estimate of drug-likeness (QED) is 0.516. The fourth-order valence-electron chi connectivity index (χ4n) is 4.25. The minimum Gasteiger partial charge on any atom is -0.508 e. The topological polar surface area (TPSA) is 23.2 Å². The van der Waals surface area contributed by atoms with E-state index in [0.717, 1.165) is 30.6 Å². The Bertz CT molecular complexity index is 1040. The van der Waals surface area contributed by atoms with Crippen molar-refractivity contribution in [2.24, 2.45) is 0 Å². The number of aromatic hydroxyl groups is 1. The SMILES string of the molecule is CCc1ccc(C(=C2C=CC(=[N+](CC)CC)C=C2)c2cc(C(C)C)c(O)cc2C)cc1. The van der Waals surface area contributed by atoms with E-state index < -0.39 is 0 Å². The summed E-state index contributed by atoms with van der Waals surface area (Å²) in [5.74, 6) is 0.641. The molecule has 2 aromatic carbocycles. The molecule has 2 aromatic rings. The normalized spacial score (nSPS) is 13.3. The number of benzene rings is 2. The first-order valence-electron chi connectivity index (χ1n) is 11.5. The highest BCUT2D eigenvalue weighted by Gasteiger charge is 2.18. The fraction of sp³-hybridized carbons (Fsp3) is 0.345. The molecule has 1 aliphatic rings. The molecule has 0 atom stereocenters. The lowest BCUT2D eigenvalue weighted by molar-refractivity contribution is -0.519. The molecular weight excluding hydrogens is 378 g/mol. The summed E-state index contributed by atoms with van der Waals surface area (Å²) in [6, 6.07) is 13.0. The van der Waals surface area contributed by atoms with E-state index in [1.54, 1.807) is 0 Å². The smallest absolute Gasteiger partial charge is 0.199 e. The van der Waals surface area contributed by atoms with Gasteiger partial charge in [0.15, 0.2) is 5.71 Å². The van der Waals surface area contributed by atoms with Crippen LogP contribution in [0.2, 0.25) is 0 Å². The van der Waals surface area contributed by atoms with Gasteiger partial charge in [-0.05, 0) is 96.4 Å². The van der Waals surface area contributed by atoms with Crippen LogP contribution in [0.5, 0.6) is 5.75 Å². The molecule has 0 heterocycles. The van der Waals surface area contributed by atoms with Crippen molar-refractivity contribution in [2.45, 2.75) is 53.9 Å². The molecule has 1 N–H and O–H groups in total. The Morgan fingerprint density at radius 3 is 2.03 bits per heavy atom. The number of hydrogen-bond donors (Lipinski definition) is 1. The second-order valence-electron chi connectivity index (χ2n) is 8.53. The molecule has 0 fully saturated rings. The molecule has 2 heteroatoms. The van der Waals surface area contributed by atoms with Gasteiger partial charge in [0.25, 0.3) is 0 Å². The largest absolute Gasteiger partial charge is 0.508 e. The van der Waals surface area contributed by atoms with E-state index in [9.17, 15) is 5.11 Å². The number of rotatable bonds is 6. The summed E-state index contributed by atoms with van der Waals surface area (Å²) in [5, 5.41) is 10.5. The molecule has 0 aliphatic heterocycles. The summed E-state index contributed by atoms with van der Waals surface area (Å²) in [7, 11) is 0. The van der Waals surface area contributed by atoms with Crippen LogP contribution < -0.4 is 0 Å². The molecule has 0 unspecified atom stereocenters. The highest BCUT2D eigenvalue weighted by Crippen LogP contribution is 2.37. The van der Waals surface area contributed by atoms with Crippen molar-refractivity contribution in [3.8, 4) is 5.75 Å². The Balaban J connectivity index is 2.24. The van der Waals surface area contributed by atoms with Crippen LogP contribution in [0.15, 0.2) is 66.3 Å². The number of phenols is 1. The van der Waals surface area contributed by atoms with Gasteiger partial charge in [0.2, 0.25) is 0 Å². The molecule has 0 spiro atoms. The third kappa shape index (κ3) is 4.90. The maximum atomic E-state index is 10.5. The lowest BCUT2D eigenvalue weighted by atomic mass is 9.85. The molecule has 2 nitrogen and oxygen atoms in total. The van der Waals surface area contributed by atoms with Crippen LogP contribution in [-0.4, -0.2) is 28.5 Å². The average Bonchev–Trinajstić information content (AvgIpc) is 2.77. The summed E-state index contributed by atoms with van der Waals surface area (Å²) in [5.41, 5.74) is 9.46. The first kappa shape index (κ1) is 22.8. The number of allylic oxidation sites excluding steroid dienone is 5. The van der Waals surface area contributed by atoms with Gasteiger partial charge in [0.05, 0.1) is 0 Å². The van der Waals surface area contributed by atoms with Crippen molar-refractivity contribution < 1.29 is 9.68 Å². The zero-order chi connectivity index (χ0) is 22.5. The molecule has 0 amide bonds. The first-order chi connectivity index (χ1) is 14.9. The van der Waals surface area contributed by atoms with Gasteiger partial charge >= 0.3 is 0 Å². The van der Waals surface area contributed by atoms with Gasteiger partial charge in [-0.15, -0.1) is 0 Å². The maximum absolute atomic E-state index is 10.5. The predicted molar refractivity (Wildman–Crippen MR) is 133 cm³/mol. The van der Waals surface area contributed by atoms with Gasteiger partial charge in [-0.3, -0.25) is 0 Å². The Morgan fingerprint density at radius 2 is 1.52 bits per heavy atom. The minimum atomic E-state index is 0.258. The van der Waals surface area contributed by atoms with Crippen molar-refractivity contribution in [1.82, 2.24) is 0 Å². The third-order valence-corrected chi connectivity index (χ3v) is 6.20. The van der Waals surface area contributed by atoms with Crippen LogP contribution in [-0.2, 0) is 6.42 Å². The number of nitrogens with zero attached hydrogens (tertiary/aromatic N) is 1. The fourth-order valence-corrected chi connectivity index (χ4v) is 4.25. The summed E-state index contributed by atoms with van der Waals surface area (Å²) >= 11 is 0. The molecule has 0 aromatic heterocycles. The number of aryl methyl sites for hydroxylation is 2. The Kier molecular flexibility index (Phi) is 7.33. The predicted octanol–water partition coefficient (Wildman–Crippen LogP) is 6.81. The maximum Gasteiger partial charge on any atom is 0.199 e. The van der Waals surface area contributed by atoms with E-state index in [2.05, 4.69) is 101 Å². The summed E-state index contributed by atoms with van der Waals surface area (Å²) in [4.78, 5) is 0. The first-order valence-corrected chi connectivity index (χ1v) is 11.5. The van der Waals surface area contributed by atoms with E-state index >= 15 is 0 Å². The second kappa shape index (κ2) is 9.96. The van der Waals surface area contributed by atoms with Gasteiger partial charge < -0.3 is 5.11 Å². The molecule has 0 bridgehead atoms. The van der Waals surface area contributed by atoms with Crippen LogP contribution >= 0.6 is 0 Å². The summed E-state index contributed by atoms with van der Waals surface area (Å²) < 4.78 is 2.36. The summed E-state index contributed by atoms with van der Waals surface area (Å²) in [6.45, 7) is 14.9. The Hall–Kier alpha value is -2.87. The monoisotopic (exact) mass is 414 g/mol. The van der Waals surface area contributed by atoms with Crippen LogP contribution in [0.3, 0.4) is 0 Å². The molecule has 3 rings (SSSR count). The van der Waals surface area contributed by atoms with E-state index in [1.165, 1.54) is 33.5 Å². The van der Waals surface area contributed by atoms with Gasteiger partial charge in [-0.2, -0.15) is 0 Å². The third-order valence-electron chi connectivity index (χ3n) is 6.20. The highest BCUT2D eigenvalue weighted by molar-refractivity contribution is 6.04.